The molecule has 3 atom stereocenters. The first kappa shape index (κ1) is 8.05. The lowest BCUT2D eigenvalue weighted by molar-refractivity contribution is -0.141. The van der Waals surface area contributed by atoms with Crippen molar-refractivity contribution in [1.29, 1.82) is 0 Å². The molecule has 1 saturated carbocycles. The number of aliphatic carboxylic acids is 1. The van der Waals surface area contributed by atoms with Gasteiger partial charge in [-0.25, -0.2) is 0 Å². The summed E-state index contributed by atoms with van der Waals surface area (Å²) in [5.41, 5.74) is 0. The Labute approximate surface area is 72.2 Å². The van der Waals surface area contributed by atoms with Gasteiger partial charge < -0.3 is 10.4 Å². The highest BCUT2D eigenvalue weighted by molar-refractivity contribution is 5.70. The molecule has 0 aromatic rings. The standard InChI is InChI=1S/C9H15NO2/c11-9(12)7-4-6-2-1-3-10-8(6)5-7/h6-8,10H,1-5H2,(H,11,12)/t6-,7+,8+/m0/s1. The third-order valence-corrected chi connectivity index (χ3v) is 3.20. The van der Waals surface area contributed by atoms with Gasteiger partial charge in [0.05, 0.1) is 5.92 Å². The highest BCUT2D eigenvalue weighted by Crippen LogP contribution is 2.36. The molecule has 0 bridgehead atoms. The molecule has 1 heterocycles. The second-order valence-corrected chi connectivity index (χ2v) is 3.97. The van der Waals surface area contributed by atoms with Crippen molar-refractivity contribution in [2.45, 2.75) is 31.7 Å². The summed E-state index contributed by atoms with van der Waals surface area (Å²) < 4.78 is 0. The fourth-order valence-corrected chi connectivity index (χ4v) is 2.55. The van der Waals surface area contributed by atoms with Crippen molar-refractivity contribution in [1.82, 2.24) is 5.32 Å². The normalized spacial score (nSPS) is 40.8. The number of carboxylic acids is 1. The van der Waals surface area contributed by atoms with Crippen LogP contribution in [-0.2, 0) is 4.79 Å². The van der Waals surface area contributed by atoms with Crippen LogP contribution in [0.15, 0.2) is 0 Å². The molecule has 2 fully saturated rings. The van der Waals surface area contributed by atoms with Gasteiger partial charge >= 0.3 is 5.97 Å². The second-order valence-electron chi connectivity index (χ2n) is 3.97. The Bertz CT molecular complexity index is 179. The van der Waals surface area contributed by atoms with Gasteiger partial charge in [-0.15, -0.1) is 0 Å². The van der Waals surface area contributed by atoms with Gasteiger partial charge in [0.2, 0.25) is 0 Å². The van der Waals surface area contributed by atoms with Crippen LogP contribution in [-0.4, -0.2) is 23.7 Å². The van der Waals surface area contributed by atoms with E-state index in [-0.39, 0.29) is 5.92 Å². The van der Waals surface area contributed by atoms with Gasteiger partial charge in [0.15, 0.2) is 0 Å². The Morgan fingerprint density at radius 2 is 2.25 bits per heavy atom. The summed E-state index contributed by atoms with van der Waals surface area (Å²) in [5, 5.41) is 12.2. The topological polar surface area (TPSA) is 49.3 Å². The largest absolute Gasteiger partial charge is 0.481 e. The van der Waals surface area contributed by atoms with E-state index in [0.29, 0.717) is 12.0 Å². The van der Waals surface area contributed by atoms with Crippen LogP contribution in [0.1, 0.15) is 25.7 Å². The van der Waals surface area contributed by atoms with Crippen LogP contribution < -0.4 is 5.32 Å². The Morgan fingerprint density at radius 3 is 2.92 bits per heavy atom. The molecule has 3 nitrogen and oxygen atoms in total. The Morgan fingerprint density at radius 1 is 1.42 bits per heavy atom. The summed E-state index contributed by atoms with van der Waals surface area (Å²) in [7, 11) is 0. The van der Waals surface area contributed by atoms with E-state index in [2.05, 4.69) is 5.32 Å². The maximum atomic E-state index is 10.7. The number of fused-ring (bicyclic) bond motifs is 1. The smallest absolute Gasteiger partial charge is 0.306 e. The second kappa shape index (κ2) is 3.05. The van der Waals surface area contributed by atoms with Crippen LogP contribution in [0.5, 0.6) is 0 Å². The molecule has 1 aliphatic carbocycles. The van der Waals surface area contributed by atoms with Gasteiger partial charge in [-0.1, -0.05) is 0 Å². The Hall–Kier alpha value is -0.570. The van der Waals surface area contributed by atoms with Crippen molar-refractivity contribution in [3.05, 3.63) is 0 Å². The van der Waals surface area contributed by atoms with Crippen molar-refractivity contribution >= 4 is 5.97 Å². The molecular formula is C9H15NO2. The quantitative estimate of drug-likeness (QED) is 0.611. The monoisotopic (exact) mass is 169 g/mol. The van der Waals surface area contributed by atoms with E-state index in [9.17, 15) is 4.79 Å². The number of carbonyl (C=O) groups is 1. The van der Waals surface area contributed by atoms with Crippen LogP contribution in [0.25, 0.3) is 0 Å². The van der Waals surface area contributed by atoms with Crippen molar-refractivity contribution < 1.29 is 9.90 Å². The zero-order valence-electron chi connectivity index (χ0n) is 7.12. The lowest BCUT2D eigenvalue weighted by Gasteiger charge is -2.25. The molecule has 12 heavy (non-hydrogen) atoms. The molecule has 2 aliphatic rings. The molecule has 1 aliphatic heterocycles. The number of rotatable bonds is 1. The minimum Gasteiger partial charge on any atom is -0.481 e. The maximum absolute atomic E-state index is 10.7. The van der Waals surface area contributed by atoms with Gasteiger partial charge in [0.25, 0.3) is 0 Å². The molecule has 3 heteroatoms. The van der Waals surface area contributed by atoms with Crippen molar-refractivity contribution in [3.63, 3.8) is 0 Å². The van der Waals surface area contributed by atoms with Gasteiger partial charge in [-0.2, -0.15) is 0 Å². The highest BCUT2D eigenvalue weighted by Gasteiger charge is 2.38. The Balaban J connectivity index is 1.98. The summed E-state index contributed by atoms with van der Waals surface area (Å²) in [6, 6.07) is 0.500. The molecule has 2 N–H and O–H groups in total. The SMILES string of the molecule is O=C(O)[C@@H]1C[C@@H]2CCCN[C@@H]2C1. The molecule has 0 amide bonds. The number of piperidine rings is 1. The summed E-state index contributed by atoms with van der Waals surface area (Å²) >= 11 is 0. The van der Waals surface area contributed by atoms with Crippen LogP contribution >= 0.6 is 0 Å². The minimum absolute atomic E-state index is 0.0781. The number of hydrogen-bond donors (Lipinski definition) is 2. The van der Waals surface area contributed by atoms with Gasteiger partial charge in [-0.05, 0) is 38.1 Å². The highest BCUT2D eigenvalue weighted by atomic mass is 16.4. The molecule has 68 valence electrons. The summed E-state index contributed by atoms with van der Waals surface area (Å²) in [4.78, 5) is 10.7. The minimum atomic E-state index is -0.605. The van der Waals surface area contributed by atoms with Gasteiger partial charge in [-0.3, -0.25) is 4.79 Å². The third kappa shape index (κ3) is 1.33. The summed E-state index contributed by atoms with van der Waals surface area (Å²) in [6.45, 7) is 1.08. The fourth-order valence-electron chi connectivity index (χ4n) is 2.55. The van der Waals surface area contributed by atoms with E-state index in [4.69, 9.17) is 5.11 Å². The Kier molecular flexibility index (Phi) is 2.05. The maximum Gasteiger partial charge on any atom is 0.306 e. The van der Waals surface area contributed by atoms with E-state index in [1.54, 1.807) is 0 Å². The molecular weight excluding hydrogens is 154 g/mol. The van der Waals surface area contributed by atoms with Crippen molar-refractivity contribution in [2.75, 3.05) is 6.54 Å². The van der Waals surface area contributed by atoms with Crippen LogP contribution in [0.4, 0.5) is 0 Å². The molecule has 0 spiro atoms. The third-order valence-electron chi connectivity index (χ3n) is 3.20. The molecule has 0 unspecified atom stereocenters. The van der Waals surface area contributed by atoms with E-state index >= 15 is 0 Å². The first-order valence-electron chi connectivity index (χ1n) is 4.73. The average Bonchev–Trinajstić information content (AvgIpc) is 2.46. The van der Waals surface area contributed by atoms with Crippen LogP contribution in [0, 0.1) is 11.8 Å². The molecule has 0 aromatic carbocycles. The molecule has 0 aromatic heterocycles. The average molecular weight is 169 g/mol. The zero-order valence-corrected chi connectivity index (χ0v) is 7.12. The lowest BCUT2D eigenvalue weighted by atomic mass is 9.94. The predicted octanol–water partition coefficient (Wildman–Crippen LogP) is 0.849. The summed E-state index contributed by atoms with van der Waals surface area (Å²) in [5.74, 6) is -0.0448. The molecule has 0 radical (unpaired) electrons. The van der Waals surface area contributed by atoms with E-state index in [0.717, 1.165) is 19.4 Å². The fraction of sp³-hybridized carbons (Fsp3) is 0.889. The summed E-state index contributed by atoms with van der Waals surface area (Å²) in [6.07, 6.45) is 4.18. The van der Waals surface area contributed by atoms with Crippen LogP contribution in [0.3, 0.4) is 0 Å². The van der Waals surface area contributed by atoms with Crippen molar-refractivity contribution in [3.8, 4) is 0 Å². The van der Waals surface area contributed by atoms with Crippen LogP contribution in [0.2, 0.25) is 0 Å². The lowest BCUT2D eigenvalue weighted by Crippen LogP contribution is -2.37. The van der Waals surface area contributed by atoms with Gasteiger partial charge in [0.1, 0.15) is 0 Å². The number of hydrogen-bond acceptors (Lipinski definition) is 2. The van der Waals surface area contributed by atoms with Crippen molar-refractivity contribution in [2.24, 2.45) is 11.8 Å². The first-order valence-corrected chi connectivity index (χ1v) is 4.73. The molecule has 2 rings (SSSR count). The predicted molar refractivity (Wildman–Crippen MR) is 44.9 cm³/mol. The number of carboxylic acid groups (broad SMARTS) is 1. The molecule has 1 saturated heterocycles. The van der Waals surface area contributed by atoms with E-state index in [1.165, 1.54) is 12.8 Å². The van der Waals surface area contributed by atoms with E-state index < -0.39 is 5.97 Å². The number of nitrogens with one attached hydrogen (secondary N) is 1. The van der Waals surface area contributed by atoms with Gasteiger partial charge in [0, 0.05) is 6.04 Å². The zero-order chi connectivity index (χ0) is 8.55. The van der Waals surface area contributed by atoms with E-state index in [1.807, 2.05) is 0 Å². The first-order chi connectivity index (χ1) is 5.77.